The molecule has 0 aliphatic carbocycles. The van der Waals surface area contributed by atoms with Gasteiger partial charge in [-0.1, -0.05) is 54.2 Å². The maximum absolute atomic E-state index is 13.4. The third kappa shape index (κ3) is 4.66. The smallest absolute Gasteiger partial charge is 0.263 e. The van der Waals surface area contributed by atoms with Crippen LogP contribution in [0.1, 0.15) is 11.8 Å². The van der Waals surface area contributed by atoms with Crippen molar-refractivity contribution in [2.24, 2.45) is 0 Å². The molecule has 0 saturated heterocycles. The Balaban J connectivity index is 1.64. The van der Waals surface area contributed by atoms with Crippen LogP contribution in [0.5, 0.6) is 0 Å². The van der Waals surface area contributed by atoms with Gasteiger partial charge in [-0.05, 0) is 23.9 Å². The maximum Gasteiger partial charge on any atom is 0.263 e. The predicted molar refractivity (Wildman–Crippen MR) is 131 cm³/mol. The summed E-state index contributed by atoms with van der Waals surface area (Å²) in [4.78, 5) is 32.5. The molecular formula is C23H21N3O2S3. The van der Waals surface area contributed by atoms with Gasteiger partial charge < -0.3 is 5.32 Å². The molecule has 8 heteroatoms. The van der Waals surface area contributed by atoms with Crippen LogP contribution in [0.25, 0.3) is 21.3 Å². The van der Waals surface area contributed by atoms with Gasteiger partial charge in [0.1, 0.15) is 4.83 Å². The lowest BCUT2D eigenvalue weighted by molar-refractivity contribution is -0.120. The highest BCUT2D eigenvalue weighted by Gasteiger charge is 2.21. The summed E-state index contributed by atoms with van der Waals surface area (Å²) >= 11 is 4.34. The number of thiophene rings is 2. The van der Waals surface area contributed by atoms with Gasteiger partial charge in [0, 0.05) is 22.4 Å². The molecule has 1 unspecified atom stereocenters. The number of nitrogens with zero attached hydrogens (tertiary/aromatic N) is 2. The van der Waals surface area contributed by atoms with Gasteiger partial charge in [-0.2, -0.15) is 0 Å². The molecule has 31 heavy (non-hydrogen) atoms. The van der Waals surface area contributed by atoms with Gasteiger partial charge in [0.05, 0.1) is 17.2 Å². The molecule has 0 fully saturated rings. The topological polar surface area (TPSA) is 64.0 Å². The number of nitrogens with one attached hydrogen (secondary N) is 1. The number of carbonyl (C=O) groups is 1. The summed E-state index contributed by atoms with van der Waals surface area (Å²) < 4.78 is 1.60. The zero-order valence-electron chi connectivity index (χ0n) is 16.9. The molecule has 1 aromatic carbocycles. The van der Waals surface area contributed by atoms with Crippen molar-refractivity contribution < 1.29 is 4.79 Å². The molecule has 0 aliphatic rings. The lowest BCUT2D eigenvalue weighted by atomic mass is 10.1. The van der Waals surface area contributed by atoms with Gasteiger partial charge in [0.15, 0.2) is 5.16 Å². The number of carbonyl (C=O) groups excluding carboxylic acids is 1. The summed E-state index contributed by atoms with van der Waals surface area (Å²) in [6.45, 7) is 6.44. The summed E-state index contributed by atoms with van der Waals surface area (Å²) in [5.74, 6) is -0.0888. The van der Waals surface area contributed by atoms with Gasteiger partial charge in [-0.15, -0.1) is 29.3 Å². The molecular weight excluding hydrogens is 446 g/mol. The van der Waals surface area contributed by atoms with Crippen molar-refractivity contribution in [3.8, 4) is 11.1 Å². The van der Waals surface area contributed by atoms with Crippen molar-refractivity contribution >= 4 is 50.6 Å². The van der Waals surface area contributed by atoms with Crippen LogP contribution in [0.3, 0.4) is 0 Å². The number of rotatable bonds is 8. The number of aromatic nitrogens is 2. The Kier molecular flexibility index (Phi) is 6.70. The highest BCUT2D eigenvalue weighted by atomic mass is 32.2. The van der Waals surface area contributed by atoms with Crippen molar-refractivity contribution in [3.05, 3.63) is 81.1 Å². The summed E-state index contributed by atoms with van der Waals surface area (Å²) in [6, 6.07) is 13.8. The molecule has 0 radical (unpaired) electrons. The number of amides is 1. The van der Waals surface area contributed by atoms with Crippen LogP contribution in [-0.4, -0.2) is 20.7 Å². The van der Waals surface area contributed by atoms with Crippen LogP contribution in [-0.2, 0) is 17.9 Å². The highest BCUT2D eigenvalue weighted by Crippen LogP contribution is 2.32. The van der Waals surface area contributed by atoms with E-state index in [4.69, 9.17) is 4.98 Å². The Morgan fingerprint density at radius 1 is 1.26 bits per heavy atom. The zero-order valence-corrected chi connectivity index (χ0v) is 19.4. The van der Waals surface area contributed by atoms with Crippen molar-refractivity contribution in [3.63, 3.8) is 0 Å². The minimum atomic E-state index is -0.395. The average Bonchev–Trinajstić information content (AvgIpc) is 3.45. The van der Waals surface area contributed by atoms with E-state index in [1.807, 2.05) is 60.1 Å². The number of hydrogen-bond acceptors (Lipinski definition) is 6. The second kappa shape index (κ2) is 9.64. The molecule has 5 nitrogen and oxygen atoms in total. The number of fused-ring (bicyclic) bond motifs is 1. The average molecular weight is 468 g/mol. The second-order valence-corrected chi connectivity index (χ2v) is 10.0. The van der Waals surface area contributed by atoms with E-state index in [1.165, 1.54) is 23.1 Å². The Morgan fingerprint density at radius 3 is 2.77 bits per heavy atom. The molecule has 0 aliphatic heterocycles. The second-order valence-electron chi connectivity index (χ2n) is 6.85. The number of thioether (sulfide) groups is 1. The van der Waals surface area contributed by atoms with Crippen LogP contribution in [0, 0.1) is 0 Å². The first kappa shape index (κ1) is 21.5. The normalized spacial score (nSPS) is 12.0. The van der Waals surface area contributed by atoms with Crippen LogP contribution in [0.2, 0.25) is 0 Å². The van der Waals surface area contributed by atoms with Crippen LogP contribution >= 0.6 is 34.4 Å². The van der Waals surface area contributed by atoms with Crippen LogP contribution < -0.4 is 10.9 Å². The molecule has 3 aromatic heterocycles. The summed E-state index contributed by atoms with van der Waals surface area (Å²) in [6.07, 6.45) is 1.68. The fourth-order valence-corrected chi connectivity index (χ4v) is 5.73. The molecule has 0 spiro atoms. The first-order valence-electron chi connectivity index (χ1n) is 9.73. The largest absolute Gasteiger partial charge is 0.350 e. The third-order valence-corrected chi connectivity index (χ3v) is 7.56. The fraction of sp³-hybridized carbons (Fsp3) is 0.174. The Labute approximate surface area is 192 Å². The Morgan fingerprint density at radius 2 is 2.06 bits per heavy atom. The van der Waals surface area contributed by atoms with Gasteiger partial charge in [-0.3, -0.25) is 14.2 Å². The van der Waals surface area contributed by atoms with Crippen molar-refractivity contribution in [2.45, 2.75) is 30.4 Å². The molecule has 1 N–H and O–H groups in total. The van der Waals surface area contributed by atoms with E-state index in [9.17, 15) is 9.59 Å². The van der Waals surface area contributed by atoms with Gasteiger partial charge in [0.25, 0.3) is 5.56 Å². The summed E-state index contributed by atoms with van der Waals surface area (Å²) in [5.41, 5.74) is 1.76. The molecule has 158 valence electrons. The van der Waals surface area contributed by atoms with Crippen LogP contribution in [0.4, 0.5) is 0 Å². The Hall–Kier alpha value is -2.68. The monoisotopic (exact) mass is 467 g/mol. The standard InChI is InChI=1S/C23H21N3O2S3/c1-3-11-26-22(28)19-18(16-8-5-4-6-9-16)14-30-21(19)25-23(26)31-15(2)20(27)24-13-17-10-7-12-29-17/h3-10,12,14-15H,1,11,13H2,2H3,(H,24,27). The molecule has 1 atom stereocenters. The Bertz CT molecular complexity index is 1260. The van der Waals surface area contributed by atoms with Gasteiger partial charge in [0.2, 0.25) is 5.91 Å². The fourth-order valence-electron chi connectivity index (χ4n) is 3.16. The lowest BCUT2D eigenvalue weighted by Crippen LogP contribution is -2.31. The van der Waals surface area contributed by atoms with Gasteiger partial charge >= 0.3 is 0 Å². The van der Waals surface area contributed by atoms with E-state index in [-0.39, 0.29) is 11.5 Å². The lowest BCUT2D eigenvalue weighted by Gasteiger charge is -2.15. The predicted octanol–water partition coefficient (Wildman–Crippen LogP) is 5.17. The molecule has 3 heterocycles. The SMILES string of the molecule is C=CCn1c(SC(C)C(=O)NCc2cccs2)nc2scc(-c3ccccc3)c2c1=O. The van der Waals surface area contributed by atoms with E-state index in [0.717, 1.165) is 16.0 Å². The summed E-state index contributed by atoms with van der Waals surface area (Å²) in [5, 5.41) is 7.65. The molecule has 0 saturated carbocycles. The van der Waals surface area contributed by atoms with Crippen molar-refractivity contribution in [1.29, 1.82) is 0 Å². The zero-order chi connectivity index (χ0) is 21.8. The molecule has 4 aromatic rings. The summed E-state index contributed by atoms with van der Waals surface area (Å²) in [7, 11) is 0. The number of benzene rings is 1. The number of allylic oxidation sites excluding steroid dienone is 1. The first-order chi connectivity index (χ1) is 15.1. The van der Waals surface area contributed by atoms with E-state index >= 15 is 0 Å². The van der Waals surface area contributed by atoms with Gasteiger partial charge in [-0.25, -0.2) is 4.98 Å². The van der Waals surface area contributed by atoms with E-state index in [2.05, 4.69) is 11.9 Å². The van der Waals surface area contributed by atoms with Crippen molar-refractivity contribution in [2.75, 3.05) is 0 Å². The van der Waals surface area contributed by atoms with E-state index in [0.29, 0.717) is 28.5 Å². The quantitative estimate of drug-likeness (QED) is 0.221. The number of hydrogen-bond donors (Lipinski definition) is 1. The minimum absolute atomic E-state index is 0.0888. The first-order valence-corrected chi connectivity index (χ1v) is 12.4. The molecule has 4 rings (SSSR count). The van der Waals surface area contributed by atoms with E-state index < -0.39 is 5.25 Å². The highest BCUT2D eigenvalue weighted by molar-refractivity contribution is 8.00. The van der Waals surface area contributed by atoms with E-state index in [1.54, 1.807) is 22.0 Å². The third-order valence-electron chi connectivity index (χ3n) is 4.72. The minimum Gasteiger partial charge on any atom is -0.350 e. The van der Waals surface area contributed by atoms with Crippen molar-refractivity contribution in [1.82, 2.24) is 14.9 Å². The maximum atomic E-state index is 13.4. The molecule has 0 bridgehead atoms. The molecule has 1 amide bonds. The van der Waals surface area contributed by atoms with Crippen LogP contribution in [0.15, 0.2) is 75.8 Å².